The molecule has 1 aliphatic carbocycles. The second-order valence-corrected chi connectivity index (χ2v) is 6.50. The maximum atomic E-state index is 4.11. The van der Waals surface area contributed by atoms with Crippen LogP contribution in [0.1, 0.15) is 26.7 Å². The molecule has 0 spiro atoms. The Morgan fingerprint density at radius 2 is 2.35 bits per heavy atom. The topological polar surface area (TPSA) is 29.9 Å². The van der Waals surface area contributed by atoms with Gasteiger partial charge in [0.25, 0.3) is 0 Å². The van der Waals surface area contributed by atoms with Crippen molar-refractivity contribution < 1.29 is 0 Å². The Hall–Kier alpha value is -0.480. The van der Waals surface area contributed by atoms with Crippen molar-refractivity contribution in [1.29, 1.82) is 0 Å². The molecule has 4 heteroatoms. The van der Waals surface area contributed by atoms with E-state index >= 15 is 0 Å². The van der Waals surface area contributed by atoms with Gasteiger partial charge < -0.3 is 9.88 Å². The quantitative estimate of drug-likeness (QED) is 0.771. The molecule has 0 unspecified atom stereocenters. The number of hydrogen-bond acceptors (Lipinski definition) is 3. The maximum Gasteiger partial charge on any atom is 0.0946 e. The second kappa shape index (κ2) is 5.91. The van der Waals surface area contributed by atoms with E-state index in [0.29, 0.717) is 11.5 Å². The molecule has 1 saturated carbocycles. The van der Waals surface area contributed by atoms with Crippen molar-refractivity contribution in [2.75, 3.05) is 18.1 Å². The summed E-state index contributed by atoms with van der Waals surface area (Å²) in [6, 6.07) is 0.625. The predicted octanol–water partition coefficient (Wildman–Crippen LogP) is 2.39. The average Bonchev–Trinajstić information content (AvgIpc) is 2.89. The van der Waals surface area contributed by atoms with Gasteiger partial charge in [0.1, 0.15) is 0 Å². The number of nitrogens with one attached hydrogen (secondary N) is 1. The number of thioether (sulfide) groups is 1. The van der Waals surface area contributed by atoms with Crippen LogP contribution in [0.15, 0.2) is 18.7 Å². The molecule has 0 amide bonds. The number of hydrogen-bond donors (Lipinski definition) is 1. The Kier molecular flexibility index (Phi) is 4.51. The second-order valence-electron chi connectivity index (χ2n) is 5.18. The molecule has 1 aromatic heterocycles. The first-order valence-corrected chi connectivity index (χ1v) is 7.66. The SMILES string of the molecule is CCSC[C@@H](C)NCC1(Cn2ccnc2)CC1. The predicted molar refractivity (Wildman–Crippen MR) is 74.4 cm³/mol. The molecule has 0 aliphatic heterocycles. The molecule has 96 valence electrons. The maximum absolute atomic E-state index is 4.11. The van der Waals surface area contributed by atoms with Crippen LogP contribution in [-0.2, 0) is 6.54 Å². The van der Waals surface area contributed by atoms with Crippen LogP contribution in [0.2, 0.25) is 0 Å². The third-order valence-electron chi connectivity index (χ3n) is 3.43. The third-order valence-corrected chi connectivity index (χ3v) is 4.58. The van der Waals surface area contributed by atoms with E-state index in [1.165, 1.54) is 24.3 Å². The highest BCUT2D eigenvalue weighted by Crippen LogP contribution is 2.46. The lowest BCUT2D eigenvalue weighted by atomic mass is 10.1. The van der Waals surface area contributed by atoms with Crippen molar-refractivity contribution >= 4 is 11.8 Å². The molecule has 0 radical (unpaired) electrons. The fourth-order valence-electron chi connectivity index (χ4n) is 2.08. The van der Waals surface area contributed by atoms with E-state index in [2.05, 4.69) is 34.9 Å². The van der Waals surface area contributed by atoms with Gasteiger partial charge in [-0.2, -0.15) is 11.8 Å². The number of nitrogens with zero attached hydrogens (tertiary/aromatic N) is 2. The minimum absolute atomic E-state index is 0.506. The Morgan fingerprint density at radius 1 is 1.53 bits per heavy atom. The van der Waals surface area contributed by atoms with Gasteiger partial charge in [0.2, 0.25) is 0 Å². The summed E-state index contributed by atoms with van der Waals surface area (Å²) in [5.41, 5.74) is 0.506. The van der Waals surface area contributed by atoms with Gasteiger partial charge in [0, 0.05) is 42.7 Å². The Bertz CT molecular complexity index is 319. The molecule has 3 nitrogen and oxygen atoms in total. The van der Waals surface area contributed by atoms with Crippen LogP contribution in [0.3, 0.4) is 0 Å². The summed E-state index contributed by atoms with van der Waals surface area (Å²) < 4.78 is 2.21. The summed E-state index contributed by atoms with van der Waals surface area (Å²) in [5.74, 6) is 2.43. The normalized spacial score (nSPS) is 19.2. The van der Waals surface area contributed by atoms with Crippen molar-refractivity contribution in [3.05, 3.63) is 18.7 Å². The molecular weight excluding hydrogens is 230 g/mol. The van der Waals surface area contributed by atoms with Crippen LogP contribution >= 0.6 is 11.8 Å². The van der Waals surface area contributed by atoms with Crippen molar-refractivity contribution in [2.45, 2.75) is 39.3 Å². The standard InChI is InChI=1S/C13H23N3S/c1-3-17-8-12(2)15-9-13(4-5-13)10-16-7-6-14-11-16/h6-7,11-12,15H,3-5,8-10H2,1-2H3/t12-/m1/s1. The molecule has 1 atom stereocenters. The van der Waals surface area contributed by atoms with E-state index < -0.39 is 0 Å². The minimum atomic E-state index is 0.506. The molecule has 0 aromatic carbocycles. The van der Waals surface area contributed by atoms with Crippen molar-refractivity contribution in [1.82, 2.24) is 14.9 Å². The fraction of sp³-hybridized carbons (Fsp3) is 0.769. The number of imidazole rings is 1. The number of rotatable bonds is 8. The highest BCUT2D eigenvalue weighted by Gasteiger charge is 2.42. The Labute approximate surface area is 108 Å². The zero-order valence-corrected chi connectivity index (χ0v) is 11.7. The first kappa shape index (κ1) is 13.0. The van der Waals surface area contributed by atoms with E-state index in [1.807, 2.05) is 24.3 Å². The summed E-state index contributed by atoms with van der Waals surface area (Å²) in [4.78, 5) is 4.11. The van der Waals surface area contributed by atoms with Crippen molar-refractivity contribution in [2.24, 2.45) is 5.41 Å². The fourth-order valence-corrected chi connectivity index (χ4v) is 2.79. The van der Waals surface area contributed by atoms with Crippen LogP contribution < -0.4 is 5.32 Å². The first-order valence-electron chi connectivity index (χ1n) is 6.51. The summed E-state index contributed by atoms with van der Waals surface area (Å²) in [6.07, 6.45) is 8.56. The summed E-state index contributed by atoms with van der Waals surface area (Å²) in [7, 11) is 0. The van der Waals surface area contributed by atoms with Gasteiger partial charge in [-0.25, -0.2) is 4.98 Å². The lowest BCUT2D eigenvalue weighted by Crippen LogP contribution is -2.35. The molecular formula is C13H23N3S. The minimum Gasteiger partial charge on any atom is -0.337 e. The van der Waals surface area contributed by atoms with Gasteiger partial charge in [-0.3, -0.25) is 0 Å². The Morgan fingerprint density at radius 3 is 2.94 bits per heavy atom. The molecule has 1 N–H and O–H groups in total. The van der Waals surface area contributed by atoms with Gasteiger partial charge in [-0.1, -0.05) is 6.92 Å². The number of aromatic nitrogens is 2. The average molecular weight is 253 g/mol. The summed E-state index contributed by atoms with van der Waals surface area (Å²) in [6.45, 7) is 6.78. The van der Waals surface area contributed by atoms with Crippen molar-refractivity contribution in [3.8, 4) is 0 Å². The lowest BCUT2D eigenvalue weighted by molar-refractivity contribution is 0.379. The van der Waals surface area contributed by atoms with Gasteiger partial charge >= 0.3 is 0 Å². The van der Waals surface area contributed by atoms with Crippen LogP contribution in [0.5, 0.6) is 0 Å². The van der Waals surface area contributed by atoms with Gasteiger partial charge in [-0.15, -0.1) is 0 Å². The molecule has 0 saturated heterocycles. The molecule has 1 heterocycles. The summed E-state index contributed by atoms with van der Waals surface area (Å²) in [5, 5.41) is 3.68. The van der Waals surface area contributed by atoms with Crippen LogP contribution in [0.4, 0.5) is 0 Å². The monoisotopic (exact) mass is 253 g/mol. The van der Waals surface area contributed by atoms with Gasteiger partial charge in [0.05, 0.1) is 6.33 Å². The lowest BCUT2D eigenvalue weighted by Gasteiger charge is -2.20. The van der Waals surface area contributed by atoms with E-state index in [-0.39, 0.29) is 0 Å². The van der Waals surface area contributed by atoms with Gasteiger partial charge in [0.15, 0.2) is 0 Å². The highest BCUT2D eigenvalue weighted by molar-refractivity contribution is 7.99. The largest absolute Gasteiger partial charge is 0.337 e. The first-order chi connectivity index (χ1) is 8.24. The van der Waals surface area contributed by atoms with Crippen LogP contribution in [0.25, 0.3) is 0 Å². The van der Waals surface area contributed by atoms with E-state index in [1.54, 1.807) is 0 Å². The zero-order valence-electron chi connectivity index (χ0n) is 10.9. The van der Waals surface area contributed by atoms with E-state index in [0.717, 1.165) is 13.1 Å². The van der Waals surface area contributed by atoms with E-state index in [4.69, 9.17) is 0 Å². The molecule has 0 bridgehead atoms. The molecule has 2 rings (SSSR count). The molecule has 1 fully saturated rings. The summed E-state index contributed by atoms with van der Waals surface area (Å²) >= 11 is 2.01. The Balaban J connectivity index is 1.71. The highest BCUT2D eigenvalue weighted by atomic mass is 32.2. The zero-order chi connectivity index (χ0) is 12.1. The van der Waals surface area contributed by atoms with Crippen LogP contribution in [-0.4, -0.2) is 33.6 Å². The molecule has 1 aromatic rings. The smallest absolute Gasteiger partial charge is 0.0946 e. The molecule has 17 heavy (non-hydrogen) atoms. The van der Waals surface area contributed by atoms with Crippen LogP contribution in [0, 0.1) is 5.41 Å². The van der Waals surface area contributed by atoms with E-state index in [9.17, 15) is 0 Å². The molecule has 1 aliphatic rings. The third kappa shape index (κ3) is 4.03. The van der Waals surface area contributed by atoms with Gasteiger partial charge in [-0.05, 0) is 25.5 Å². The van der Waals surface area contributed by atoms with Crippen molar-refractivity contribution in [3.63, 3.8) is 0 Å².